The molecule has 0 aliphatic rings. The van der Waals surface area contributed by atoms with Crippen LogP contribution >= 0.6 is 81.2 Å². The first-order chi connectivity index (χ1) is 8.59. The fourth-order valence-corrected chi connectivity index (χ4v) is 2.63. The number of pyridine rings is 1. The summed E-state index contributed by atoms with van der Waals surface area (Å²) in [4.78, 5) is 4.13. The van der Waals surface area contributed by atoms with E-state index in [-0.39, 0.29) is 5.15 Å². The molecule has 0 atom stereocenters. The van der Waals surface area contributed by atoms with Gasteiger partial charge in [0.15, 0.2) is 0 Å². The van der Waals surface area contributed by atoms with Crippen LogP contribution in [0.3, 0.4) is 0 Å². The Labute approximate surface area is 144 Å². The van der Waals surface area contributed by atoms with Gasteiger partial charge >= 0.3 is 0 Å². The fourth-order valence-electron chi connectivity index (χ4n) is 1.60. The van der Waals surface area contributed by atoms with E-state index in [1.165, 1.54) is 6.07 Å². The Hall–Kier alpha value is 0.660. The molecule has 0 N–H and O–H groups in total. The van der Waals surface area contributed by atoms with Gasteiger partial charge in [0.1, 0.15) is 5.15 Å². The van der Waals surface area contributed by atoms with E-state index in [1.807, 2.05) is 0 Å². The minimum Gasteiger partial charge on any atom is -0.236 e. The summed E-state index contributed by atoms with van der Waals surface area (Å²) in [6.07, 6.45) is 0. The van der Waals surface area contributed by atoms with Gasteiger partial charge in [-0.3, -0.25) is 0 Å². The maximum Gasteiger partial charge on any atom is 0.216 e. The Bertz CT molecular complexity index is 627. The second kappa shape index (κ2) is 5.46. The maximum absolute atomic E-state index is 5.92. The molecule has 8 heteroatoms. The van der Waals surface area contributed by atoms with E-state index >= 15 is 0 Å². The van der Waals surface area contributed by atoms with Crippen LogP contribution in [0.2, 0.25) is 5.15 Å². The zero-order valence-electron chi connectivity index (χ0n) is 8.90. The molecule has 0 unspecified atom stereocenters. The molecule has 0 aliphatic carbocycles. The molecule has 0 spiro atoms. The molecule has 1 nitrogen and oxygen atoms in total. The largest absolute Gasteiger partial charge is 0.236 e. The van der Waals surface area contributed by atoms with Gasteiger partial charge in [0, 0.05) is 16.5 Å². The summed E-state index contributed by atoms with van der Waals surface area (Å²) in [5.41, 5.74) is 1.38. The van der Waals surface area contributed by atoms with E-state index in [9.17, 15) is 0 Å². The van der Waals surface area contributed by atoms with E-state index in [0.717, 1.165) is 0 Å². The fraction of sp³-hybridized carbons (Fsp3) is 0.182. The lowest BCUT2D eigenvalue weighted by atomic mass is 10.1. The lowest BCUT2D eigenvalue weighted by Gasteiger charge is -2.17. The summed E-state index contributed by atoms with van der Waals surface area (Å²) >= 11 is 41.2. The van der Waals surface area contributed by atoms with E-state index in [4.69, 9.17) is 81.2 Å². The molecular formula is C11H4Cl7N. The van der Waals surface area contributed by atoms with E-state index in [0.29, 0.717) is 22.0 Å². The van der Waals surface area contributed by atoms with Crippen LogP contribution in [0.4, 0.5) is 0 Å². The number of rotatable bonds is 0. The van der Waals surface area contributed by atoms with Gasteiger partial charge in [0.2, 0.25) is 7.59 Å². The number of aromatic nitrogens is 1. The molecular weight excluding hydrogens is 394 g/mol. The van der Waals surface area contributed by atoms with Crippen LogP contribution in [0.25, 0.3) is 10.9 Å². The third-order valence-electron chi connectivity index (χ3n) is 2.41. The van der Waals surface area contributed by atoms with Gasteiger partial charge in [-0.05, 0) is 18.2 Å². The second-order valence-corrected chi connectivity index (χ2v) is 8.67. The molecule has 0 fully saturated rings. The van der Waals surface area contributed by atoms with Crippen molar-refractivity contribution in [3.63, 3.8) is 0 Å². The third kappa shape index (κ3) is 3.65. The van der Waals surface area contributed by atoms with E-state index in [2.05, 4.69) is 4.98 Å². The molecule has 0 saturated heterocycles. The Morgan fingerprint density at radius 1 is 0.842 bits per heavy atom. The van der Waals surface area contributed by atoms with Crippen molar-refractivity contribution >= 4 is 92.1 Å². The van der Waals surface area contributed by atoms with Crippen molar-refractivity contribution in [1.29, 1.82) is 0 Å². The van der Waals surface area contributed by atoms with Crippen molar-refractivity contribution in [2.45, 2.75) is 7.59 Å². The Morgan fingerprint density at radius 2 is 1.47 bits per heavy atom. The van der Waals surface area contributed by atoms with Crippen molar-refractivity contribution in [2.75, 3.05) is 0 Å². The summed E-state index contributed by atoms with van der Waals surface area (Å²) in [5.74, 6) is 0. The van der Waals surface area contributed by atoms with E-state index in [1.54, 1.807) is 18.2 Å². The van der Waals surface area contributed by atoms with Crippen molar-refractivity contribution in [2.24, 2.45) is 0 Å². The van der Waals surface area contributed by atoms with Crippen LogP contribution in [0.1, 0.15) is 11.1 Å². The number of hydrogen-bond acceptors (Lipinski definition) is 1. The zero-order chi connectivity index (χ0) is 14.4. The first kappa shape index (κ1) is 16.0. The molecule has 0 radical (unpaired) electrons. The van der Waals surface area contributed by atoms with E-state index < -0.39 is 7.59 Å². The lowest BCUT2D eigenvalue weighted by molar-refractivity contribution is 1.21. The van der Waals surface area contributed by atoms with Crippen LogP contribution in [0.5, 0.6) is 0 Å². The molecule has 2 rings (SSSR count). The highest BCUT2D eigenvalue weighted by atomic mass is 35.6. The van der Waals surface area contributed by atoms with Crippen LogP contribution in [-0.2, 0) is 7.59 Å². The minimum absolute atomic E-state index is 0.218. The van der Waals surface area contributed by atoms with Crippen molar-refractivity contribution < 1.29 is 0 Å². The maximum atomic E-state index is 5.92. The van der Waals surface area contributed by atoms with Gasteiger partial charge in [0.05, 0.1) is 5.52 Å². The second-order valence-electron chi connectivity index (χ2n) is 3.72. The lowest BCUT2D eigenvalue weighted by Crippen LogP contribution is -2.05. The highest BCUT2D eigenvalue weighted by Gasteiger charge is 2.28. The molecule has 102 valence electrons. The average molecular weight is 398 g/mol. The van der Waals surface area contributed by atoms with Crippen LogP contribution < -0.4 is 0 Å². The SMILES string of the molecule is Clc1cc(C(Cl)(Cl)Cl)c2cc(C(Cl)(Cl)Cl)ccc2n1. The highest BCUT2D eigenvalue weighted by molar-refractivity contribution is 6.67. The molecule has 0 aliphatic heterocycles. The Kier molecular flexibility index (Phi) is 4.61. The smallest absolute Gasteiger partial charge is 0.216 e. The summed E-state index contributed by atoms with van der Waals surface area (Å²) in [5, 5.41) is 0.781. The zero-order valence-corrected chi connectivity index (χ0v) is 14.2. The molecule has 1 aromatic heterocycles. The number of benzene rings is 1. The van der Waals surface area contributed by atoms with Gasteiger partial charge in [-0.25, -0.2) is 4.98 Å². The van der Waals surface area contributed by atoms with Crippen molar-refractivity contribution in [3.8, 4) is 0 Å². The molecule has 0 bridgehead atoms. The predicted octanol–water partition coefficient (Wildman–Crippen LogP) is 6.54. The molecule has 2 aromatic rings. The summed E-state index contributed by atoms with van der Waals surface area (Å²) in [6.45, 7) is 0. The molecule has 0 amide bonds. The van der Waals surface area contributed by atoms with Gasteiger partial charge in [-0.15, -0.1) is 0 Å². The Morgan fingerprint density at radius 3 is 2.00 bits per heavy atom. The molecule has 1 aromatic carbocycles. The van der Waals surface area contributed by atoms with Crippen LogP contribution in [-0.4, -0.2) is 4.98 Å². The first-order valence-electron chi connectivity index (χ1n) is 4.84. The van der Waals surface area contributed by atoms with Gasteiger partial charge in [-0.2, -0.15) is 0 Å². The summed E-state index contributed by atoms with van der Waals surface area (Å²) in [6, 6.07) is 6.36. The standard InChI is InChI=1S/C11H4Cl7N/c12-9-4-7(11(16,17)18)6-3-5(10(13,14)15)1-2-8(6)19-9/h1-4H. The van der Waals surface area contributed by atoms with Crippen molar-refractivity contribution in [1.82, 2.24) is 4.98 Å². The quantitative estimate of drug-likeness (QED) is 0.363. The normalized spacial score (nSPS) is 13.0. The average Bonchev–Trinajstić information content (AvgIpc) is 2.24. The van der Waals surface area contributed by atoms with Gasteiger partial charge < -0.3 is 0 Å². The van der Waals surface area contributed by atoms with Crippen LogP contribution in [0, 0.1) is 0 Å². The minimum atomic E-state index is -1.66. The monoisotopic (exact) mass is 395 g/mol. The molecule has 0 saturated carbocycles. The van der Waals surface area contributed by atoms with Gasteiger partial charge in [-0.1, -0.05) is 87.3 Å². The summed E-state index contributed by atoms with van der Waals surface area (Å²) in [7, 11) is 0. The van der Waals surface area contributed by atoms with Crippen LogP contribution in [0.15, 0.2) is 24.3 Å². The van der Waals surface area contributed by atoms with Gasteiger partial charge in [0.25, 0.3) is 0 Å². The third-order valence-corrected chi connectivity index (χ3v) is 3.87. The number of alkyl halides is 6. The summed E-state index contributed by atoms with van der Waals surface area (Å²) < 4.78 is -3.23. The predicted molar refractivity (Wildman–Crippen MR) is 85.2 cm³/mol. The Balaban J connectivity index is 2.80. The number of hydrogen-bond donors (Lipinski definition) is 0. The number of fused-ring (bicyclic) bond motifs is 1. The topological polar surface area (TPSA) is 12.9 Å². The number of halogens is 7. The first-order valence-corrected chi connectivity index (χ1v) is 7.48. The highest BCUT2D eigenvalue weighted by Crippen LogP contribution is 2.44. The molecule has 19 heavy (non-hydrogen) atoms. The molecule has 1 heterocycles. The van der Waals surface area contributed by atoms with Crippen molar-refractivity contribution in [3.05, 3.63) is 40.5 Å². The number of nitrogens with zero attached hydrogens (tertiary/aromatic N) is 1.